The van der Waals surface area contributed by atoms with E-state index in [-0.39, 0.29) is 16.8 Å². The van der Waals surface area contributed by atoms with Crippen LogP contribution in [0.3, 0.4) is 0 Å². The van der Waals surface area contributed by atoms with Crippen molar-refractivity contribution in [1.82, 2.24) is 10.3 Å². The highest BCUT2D eigenvalue weighted by atomic mass is 35.5. The number of carbonyl (C=O) groups is 1. The van der Waals surface area contributed by atoms with Gasteiger partial charge in [0.05, 0.1) is 5.75 Å². The first-order chi connectivity index (χ1) is 15.4. The highest BCUT2D eigenvalue weighted by molar-refractivity contribution is 8.00. The lowest BCUT2D eigenvalue weighted by Gasteiger charge is -2.13. The summed E-state index contributed by atoms with van der Waals surface area (Å²) in [5.41, 5.74) is 3.79. The highest BCUT2D eigenvalue weighted by Crippen LogP contribution is 2.31. The molecule has 0 fully saturated rings. The lowest BCUT2D eigenvalue weighted by molar-refractivity contribution is -0.117. The minimum Gasteiger partial charge on any atom is -0.436 e. The number of fused-ring (bicyclic) bond motifs is 1. The number of hydrogen-bond acceptors (Lipinski definition) is 5. The molecule has 0 unspecified atom stereocenters. The van der Waals surface area contributed by atoms with E-state index in [0.717, 1.165) is 21.7 Å². The van der Waals surface area contributed by atoms with Crippen LogP contribution in [0, 0.1) is 6.92 Å². The number of benzene rings is 3. The van der Waals surface area contributed by atoms with Crippen molar-refractivity contribution in [3.63, 3.8) is 0 Å². The normalized spacial score (nSPS) is 10.8. The van der Waals surface area contributed by atoms with Crippen molar-refractivity contribution in [3.05, 3.63) is 76.3 Å². The smallest absolute Gasteiger partial charge is 0.236 e. The minimum absolute atomic E-state index is 0.202. The maximum Gasteiger partial charge on any atom is 0.236 e. The maximum absolute atomic E-state index is 12.3. The summed E-state index contributed by atoms with van der Waals surface area (Å²) >= 11 is 18.7. The van der Waals surface area contributed by atoms with E-state index < -0.39 is 0 Å². The van der Waals surface area contributed by atoms with Crippen LogP contribution in [0.2, 0.25) is 10.0 Å². The van der Waals surface area contributed by atoms with Crippen LogP contribution in [-0.2, 0) is 4.79 Å². The van der Waals surface area contributed by atoms with Crippen molar-refractivity contribution in [3.8, 4) is 11.5 Å². The summed E-state index contributed by atoms with van der Waals surface area (Å²) in [6, 6.07) is 18.3. The van der Waals surface area contributed by atoms with Gasteiger partial charge in [-0.1, -0.05) is 29.3 Å². The fourth-order valence-electron chi connectivity index (χ4n) is 3.01. The van der Waals surface area contributed by atoms with Crippen LogP contribution in [-0.4, -0.2) is 21.8 Å². The molecule has 0 aliphatic heterocycles. The fourth-order valence-corrected chi connectivity index (χ4v) is 4.23. The molecule has 0 saturated heterocycles. The van der Waals surface area contributed by atoms with E-state index in [2.05, 4.69) is 15.6 Å². The molecule has 0 saturated carbocycles. The van der Waals surface area contributed by atoms with E-state index in [1.54, 1.807) is 30.3 Å². The number of carbonyl (C=O) groups excluding carboxylic acids is 1. The molecule has 0 radical (unpaired) electrons. The van der Waals surface area contributed by atoms with Crippen LogP contribution >= 0.6 is 47.2 Å². The molecule has 0 atom stereocenters. The van der Waals surface area contributed by atoms with E-state index in [0.29, 0.717) is 27.0 Å². The number of anilines is 1. The van der Waals surface area contributed by atoms with Crippen molar-refractivity contribution in [1.29, 1.82) is 0 Å². The molecule has 1 heterocycles. The molecule has 5 nitrogen and oxygen atoms in total. The van der Waals surface area contributed by atoms with Crippen LogP contribution in [0.15, 0.2) is 70.0 Å². The third-order valence-corrected chi connectivity index (χ3v) is 6.30. The Bertz CT molecular complexity index is 1310. The zero-order valence-electron chi connectivity index (χ0n) is 16.8. The fraction of sp³-hybridized carbons (Fsp3) is 0.0870. The third kappa shape index (κ3) is 5.42. The van der Waals surface area contributed by atoms with Gasteiger partial charge in [-0.25, -0.2) is 4.98 Å². The Balaban J connectivity index is 1.42. The summed E-state index contributed by atoms with van der Waals surface area (Å²) < 4.78 is 5.88. The largest absolute Gasteiger partial charge is 0.436 e. The van der Waals surface area contributed by atoms with E-state index in [1.807, 2.05) is 37.3 Å². The number of thiocarbonyl (C=S) groups is 1. The van der Waals surface area contributed by atoms with Gasteiger partial charge >= 0.3 is 0 Å². The van der Waals surface area contributed by atoms with E-state index in [1.165, 1.54) is 11.8 Å². The average molecular weight is 502 g/mol. The Hall–Kier alpha value is -2.58. The summed E-state index contributed by atoms with van der Waals surface area (Å²) in [7, 11) is 0. The molecule has 2 N–H and O–H groups in total. The number of thioether (sulfide) groups is 1. The molecule has 0 aliphatic rings. The van der Waals surface area contributed by atoms with E-state index in [4.69, 9.17) is 39.8 Å². The number of amides is 1. The van der Waals surface area contributed by atoms with Crippen molar-refractivity contribution >= 4 is 75.0 Å². The summed E-state index contributed by atoms with van der Waals surface area (Å²) in [5, 5.41) is 7.26. The van der Waals surface area contributed by atoms with Crippen LogP contribution in [0.25, 0.3) is 22.6 Å². The van der Waals surface area contributed by atoms with Crippen molar-refractivity contribution in [2.45, 2.75) is 11.8 Å². The van der Waals surface area contributed by atoms with Gasteiger partial charge < -0.3 is 15.1 Å². The molecule has 3 aromatic carbocycles. The molecule has 4 aromatic rings. The van der Waals surface area contributed by atoms with Crippen LogP contribution in [0.1, 0.15) is 5.56 Å². The van der Waals surface area contributed by atoms with Crippen molar-refractivity contribution < 1.29 is 9.21 Å². The quantitative estimate of drug-likeness (QED) is 0.233. The molecular formula is C23H17Cl2N3O2S2. The zero-order chi connectivity index (χ0) is 22.7. The predicted molar refractivity (Wildman–Crippen MR) is 136 cm³/mol. The van der Waals surface area contributed by atoms with E-state index >= 15 is 0 Å². The van der Waals surface area contributed by atoms with Crippen LogP contribution in [0.5, 0.6) is 0 Å². The van der Waals surface area contributed by atoms with Gasteiger partial charge in [-0.05, 0) is 79.3 Å². The summed E-state index contributed by atoms with van der Waals surface area (Å²) in [4.78, 5) is 17.8. The van der Waals surface area contributed by atoms with Crippen molar-refractivity contribution in [2.24, 2.45) is 0 Å². The summed E-state index contributed by atoms with van der Waals surface area (Å²) in [5.74, 6) is 0.512. The molecule has 162 valence electrons. The third-order valence-electron chi connectivity index (χ3n) is 4.60. The Morgan fingerprint density at radius 2 is 1.84 bits per heavy atom. The van der Waals surface area contributed by atoms with Gasteiger partial charge in [-0.2, -0.15) is 0 Å². The molecule has 0 bridgehead atoms. The molecule has 1 amide bonds. The number of oxazole rings is 1. The second-order valence-corrected chi connectivity index (χ2v) is 9.18. The molecular weight excluding hydrogens is 485 g/mol. The van der Waals surface area contributed by atoms with Crippen LogP contribution in [0.4, 0.5) is 5.69 Å². The summed E-state index contributed by atoms with van der Waals surface area (Å²) in [6.07, 6.45) is 0. The number of rotatable bonds is 5. The number of nitrogens with one attached hydrogen (secondary N) is 2. The zero-order valence-corrected chi connectivity index (χ0v) is 20.0. The Morgan fingerprint density at radius 3 is 2.62 bits per heavy atom. The van der Waals surface area contributed by atoms with Gasteiger partial charge in [0.25, 0.3) is 0 Å². The Labute approximate surface area is 204 Å². The van der Waals surface area contributed by atoms with Gasteiger partial charge in [-0.3, -0.25) is 4.79 Å². The average Bonchev–Trinajstić information content (AvgIpc) is 3.17. The molecule has 0 aliphatic carbocycles. The minimum atomic E-state index is -0.202. The van der Waals surface area contributed by atoms with Gasteiger partial charge in [0.1, 0.15) is 5.52 Å². The number of hydrogen-bond donors (Lipinski definition) is 2. The highest BCUT2D eigenvalue weighted by Gasteiger charge is 2.14. The second kappa shape index (κ2) is 9.92. The molecule has 9 heteroatoms. The topological polar surface area (TPSA) is 67.2 Å². The first-order valence-corrected chi connectivity index (χ1v) is 11.7. The number of nitrogens with zero attached hydrogens (tertiary/aromatic N) is 1. The van der Waals surface area contributed by atoms with Gasteiger partial charge in [0.2, 0.25) is 11.8 Å². The van der Waals surface area contributed by atoms with Gasteiger partial charge in [-0.15, -0.1) is 11.8 Å². The van der Waals surface area contributed by atoms with E-state index in [9.17, 15) is 4.79 Å². The monoisotopic (exact) mass is 501 g/mol. The SMILES string of the molecule is Cc1c(NC(=S)NC(=O)CSc2ccc(Cl)cc2)cccc1-c1nc2cc(Cl)ccc2o1. The van der Waals surface area contributed by atoms with Gasteiger partial charge in [0.15, 0.2) is 10.7 Å². The predicted octanol–water partition coefficient (Wildman–Crippen LogP) is 6.72. The lowest BCUT2D eigenvalue weighted by Crippen LogP contribution is -2.35. The van der Waals surface area contributed by atoms with Crippen LogP contribution < -0.4 is 10.6 Å². The Kier molecular flexibility index (Phi) is 7.01. The first-order valence-electron chi connectivity index (χ1n) is 9.54. The first kappa shape index (κ1) is 22.6. The Morgan fingerprint density at radius 1 is 1.09 bits per heavy atom. The second-order valence-electron chi connectivity index (χ2n) is 6.85. The summed E-state index contributed by atoms with van der Waals surface area (Å²) in [6.45, 7) is 1.93. The molecule has 0 spiro atoms. The molecule has 4 rings (SSSR count). The standard InChI is InChI=1S/C23H17Cl2N3O2S2/c1-13-17(22-26-19-11-15(25)7-10-20(19)30-22)3-2-4-18(13)27-23(31)28-21(29)12-32-16-8-5-14(24)6-9-16/h2-11H,12H2,1H3,(H2,27,28,29,31). The molecule has 1 aromatic heterocycles. The number of aromatic nitrogens is 1. The maximum atomic E-state index is 12.3. The molecule has 32 heavy (non-hydrogen) atoms. The van der Waals surface area contributed by atoms with Gasteiger partial charge in [0, 0.05) is 26.2 Å². The van der Waals surface area contributed by atoms with Crippen molar-refractivity contribution in [2.75, 3.05) is 11.1 Å². The lowest BCUT2D eigenvalue weighted by atomic mass is 10.1. The number of halogens is 2.